The second-order valence-corrected chi connectivity index (χ2v) is 5.06. The van der Waals surface area contributed by atoms with Crippen LogP contribution in [0.4, 0.5) is 0 Å². The van der Waals surface area contributed by atoms with Crippen LogP contribution >= 0.6 is 0 Å². The molecule has 0 aromatic carbocycles. The van der Waals surface area contributed by atoms with Crippen LogP contribution in [0.25, 0.3) is 0 Å². The molecule has 0 bridgehead atoms. The molecule has 0 atom stereocenters. The fourth-order valence-corrected chi connectivity index (χ4v) is 2.51. The summed E-state index contributed by atoms with van der Waals surface area (Å²) in [7, 11) is 0. The van der Waals surface area contributed by atoms with Crippen LogP contribution in [0.3, 0.4) is 0 Å². The quantitative estimate of drug-likeness (QED) is 0.344. The molecule has 20 heavy (non-hydrogen) atoms. The largest absolute Gasteiger partial charge is 2.00 e. The van der Waals surface area contributed by atoms with Crippen molar-refractivity contribution in [3.8, 4) is 0 Å². The van der Waals surface area contributed by atoms with E-state index < -0.39 is 0 Å². The van der Waals surface area contributed by atoms with E-state index in [1.165, 1.54) is 57.8 Å². The molecule has 0 aromatic heterocycles. The predicted molar refractivity (Wildman–Crippen MR) is 98.3 cm³/mol. The molecule has 0 aliphatic heterocycles. The van der Waals surface area contributed by atoms with Gasteiger partial charge in [-0.15, -0.1) is 0 Å². The van der Waals surface area contributed by atoms with Gasteiger partial charge in [0.25, 0.3) is 0 Å². The van der Waals surface area contributed by atoms with Gasteiger partial charge in [-0.05, 0) is 0 Å². The van der Waals surface area contributed by atoms with Crippen molar-refractivity contribution in [1.82, 2.24) is 0 Å². The van der Waals surface area contributed by atoms with Crippen LogP contribution < -0.4 is 0 Å². The minimum absolute atomic E-state index is 0. The van der Waals surface area contributed by atoms with Gasteiger partial charge in [0.2, 0.25) is 0 Å². The van der Waals surface area contributed by atoms with Crippen LogP contribution in [0.1, 0.15) is 85.5 Å². The topological polar surface area (TPSA) is 0 Å². The minimum atomic E-state index is 0. The third kappa shape index (κ3) is 20.9. The Bertz CT molecular complexity index is 109. The summed E-state index contributed by atoms with van der Waals surface area (Å²) in [5.74, 6) is 1.06. The standard InChI is InChI=1S/C7H15B.C5H10.2C2H6.2CH3.Fe/c1-8(2)7-5-3-4-6-7;1-2-4-5-3-1;2*1-2;;;/h7H,3-6H2,1-2H3;1-5H2;2*1-2H3;2*1H3;/q;;;;2*-1;+2. The molecule has 2 heteroatoms. The van der Waals surface area contributed by atoms with Crippen LogP contribution in [0.2, 0.25) is 19.5 Å². The molecule has 0 radical (unpaired) electrons. The van der Waals surface area contributed by atoms with Crippen molar-refractivity contribution in [3.63, 3.8) is 0 Å². The van der Waals surface area contributed by atoms with Gasteiger partial charge in [0.05, 0.1) is 0 Å². The molecule has 0 spiro atoms. The molecule has 2 rings (SSSR count). The van der Waals surface area contributed by atoms with E-state index in [0.29, 0.717) is 0 Å². The summed E-state index contributed by atoms with van der Waals surface area (Å²) < 4.78 is 0. The molecule has 0 heterocycles. The summed E-state index contributed by atoms with van der Waals surface area (Å²) in [6.45, 7) is 13.6. The Morgan fingerprint density at radius 3 is 1.00 bits per heavy atom. The van der Waals surface area contributed by atoms with Crippen molar-refractivity contribution in [2.24, 2.45) is 0 Å². The van der Waals surface area contributed by atoms with Crippen LogP contribution in [0.15, 0.2) is 0 Å². The SMILES string of the molecule is C1CCCC1.CB(C)C1CCCC1.CC.CC.[CH3-].[CH3-].[Fe+2]. The van der Waals surface area contributed by atoms with E-state index in [4.69, 9.17) is 0 Å². The van der Waals surface area contributed by atoms with Gasteiger partial charge in [0, 0.05) is 0 Å². The molecular weight excluding hydrogens is 283 g/mol. The van der Waals surface area contributed by atoms with E-state index in [2.05, 4.69) is 13.6 Å². The van der Waals surface area contributed by atoms with Gasteiger partial charge < -0.3 is 14.9 Å². The molecule has 2 saturated carbocycles. The van der Waals surface area contributed by atoms with Gasteiger partial charge in [-0.1, -0.05) is 105 Å². The molecule has 2 aliphatic rings. The predicted octanol–water partition coefficient (Wildman–Crippen LogP) is 7.59. The zero-order valence-electron chi connectivity index (χ0n) is 15.9. The van der Waals surface area contributed by atoms with Gasteiger partial charge in [-0.25, -0.2) is 0 Å². The van der Waals surface area contributed by atoms with Gasteiger partial charge >= 0.3 is 17.1 Å². The van der Waals surface area contributed by atoms with E-state index >= 15 is 0 Å². The summed E-state index contributed by atoms with van der Waals surface area (Å²) in [4.78, 5) is 0. The van der Waals surface area contributed by atoms with E-state index in [0.717, 1.165) is 12.5 Å². The van der Waals surface area contributed by atoms with Crippen LogP contribution in [0.5, 0.6) is 0 Å². The molecule has 126 valence electrons. The van der Waals surface area contributed by atoms with E-state index in [-0.39, 0.29) is 31.9 Å². The normalized spacial score (nSPS) is 15.3. The van der Waals surface area contributed by atoms with E-state index in [1.807, 2.05) is 27.7 Å². The molecule has 0 aromatic rings. The number of hydrogen-bond donors (Lipinski definition) is 0. The van der Waals surface area contributed by atoms with Gasteiger partial charge in [0.1, 0.15) is 6.71 Å². The van der Waals surface area contributed by atoms with Gasteiger partial charge in [-0.3, -0.25) is 0 Å². The molecule has 2 fully saturated rings. The number of hydrogen-bond acceptors (Lipinski definition) is 0. The van der Waals surface area contributed by atoms with Crippen LogP contribution in [-0.4, -0.2) is 6.71 Å². The van der Waals surface area contributed by atoms with Crippen LogP contribution in [-0.2, 0) is 17.1 Å². The van der Waals surface area contributed by atoms with E-state index in [1.54, 1.807) is 0 Å². The molecule has 0 saturated heterocycles. The Kier molecular flexibility index (Phi) is 45.3. The van der Waals surface area contributed by atoms with Crippen molar-refractivity contribution < 1.29 is 17.1 Å². The summed E-state index contributed by atoms with van der Waals surface area (Å²) in [6, 6.07) is 0. The van der Waals surface area contributed by atoms with E-state index in [9.17, 15) is 0 Å². The summed E-state index contributed by atoms with van der Waals surface area (Å²) >= 11 is 0. The molecular formula is C18H43BFe. The monoisotopic (exact) mass is 326 g/mol. The smallest absolute Gasteiger partial charge is 0.358 e. The average Bonchev–Trinajstić information content (AvgIpc) is 3.10. The second-order valence-electron chi connectivity index (χ2n) is 5.06. The van der Waals surface area contributed by atoms with Gasteiger partial charge in [-0.2, -0.15) is 0 Å². The molecule has 0 amide bonds. The van der Waals surface area contributed by atoms with Gasteiger partial charge in [0.15, 0.2) is 0 Å². The molecule has 0 unspecified atom stereocenters. The number of rotatable bonds is 1. The zero-order valence-corrected chi connectivity index (χ0v) is 17.0. The Balaban J connectivity index is -0.0000000556. The first kappa shape index (κ1) is 32.5. The van der Waals surface area contributed by atoms with Crippen molar-refractivity contribution in [3.05, 3.63) is 14.9 Å². The summed E-state index contributed by atoms with van der Waals surface area (Å²) in [5.41, 5.74) is 0. The van der Waals surface area contributed by atoms with Crippen molar-refractivity contribution in [2.45, 2.75) is 105 Å². The van der Waals surface area contributed by atoms with Crippen molar-refractivity contribution >= 4 is 6.71 Å². The van der Waals surface area contributed by atoms with Crippen molar-refractivity contribution in [1.29, 1.82) is 0 Å². The maximum absolute atomic E-state index is 2.34. The minimum Gasteiger partial charge on any atom is -0.358 e. The molecule has 0 nitrogen and oxygen atoms in total. The summed E-state index contributed by atoms with van der Waals surface area (Å²) in [5, 5.41) is 0. The zero-order chi connectivity index (χ0) is 13.5. The first-order chi connectivity index (χ1) is 8.30. The van der Waals surface area contributed by atoms with Crippen LogP contribution in [0, 0.1) is 14.9 Å². The first-order valence-electron chi connectivity index (χ1n) is 8.30. The third-order valence-electron chi connectivity index (χ3n) is 3.59. The fourth-order valence-electron chi connectivity index (χ4n) is 2.51. The first-order valence-corrected chi connectivity index (χ1v) is 8.30. The Hall–Kier alpha value is 0.584. The fraction of sp³-hybridized carbons (Fsp3) is 0.889. The molecule has 2 aliphatic carbocycles. The Morgan fingerprint density at radius 2 is 0.850 bits per heavy atom. The second kappa shape index (κ2) is 27.9. The summed E-state index contributed by atoms with van der Waals surface area (Å²) in [6.07, 6.45) is 13.5. The molecule has 0 N–H and O–H groups in total. The maximum Gasteiger partial charge on any atom is 2.00 e. The third-order valence-corrected chi connectivity index (χ3v) is 3.59. The maximum atomic E-state index is 2.34. The van der Waals surface area contributed by atoms with Crippen molar-refractivity contribution in [2.75, 3.05) is 0 Å². The Morgan fingerprint density at radius 1 is 0.600 bits per heavy atom. The Labute approximate surface area is 143 Å². The average molecular weight is 326 g/mol.